The Morgan fingerprint density at radius 2 is 1.65 bits per heavy atom. The Balaban J connectivity index is 2.41. The summed E-state index contributed by atoms with van der Waals surface area (Å²) < 4.78 is 12.8. The van der Waals surface area contributed by atoms with Crippen LogP contribution in [0.1, 0.15) is 31.0 Å². The fourth-order valence-corrected chi connectivity index (χ4v) is 1.96. The van der Waals surface area contributed by atoms with Gasteiger partial charge < -0.3 is 0 Å². The van der Waals surface area contributed by atoms with Crippen molar-refractivity contribution in [1.82, 2.24) is 4.98 Å². The molecular weight excluding hydrogens is 213 g/mol. The van der Waals surface area contributed by atoms with E-state index in [-0.39, 0.29) is 5.82 Å². The summed E-state index contributed by atoms with van der Waals surface area (Å²) in [6, 6.07) is 10.5. The quantitative estimate of drug-likeness (QED) is 0.747. The van der Waals surface area contributed by atoms with Crippen LogP contribution < -0.4 is 0 Å². The number of pyridine rings is 1. The molecule has 0 atom stereocenters. The van der Waals surface area contributed by atoms with Gasteiger partial charge in [-0.2, -0.15) is 0 Å². The fraction of sp³-hybridized carbons (Fsp3) is 0.267. The minimum absolute atomic E-state index is 0.218. The first-order valence-electron chi connectivity index (χ1n) is 5.81. The molecule has 0 amide bonds. The summed E-state index contributed by atoms with van der Waals surface area (Å²) in [4.78, 5) is 4.57. The van der Waals surface area contributed by atoms with Crippen LogP contribution in [0.3, 0.4) is 0 Å². The van der Waals surface area contributed by atoms with Crippen molar-refractivity contribution in [2.24, 2.45) is 0 Å². The van der Waals surface area contributed by atoms with Crippen LogP contribution in [0.15, 0.2) is 36.4 Å². The molecule has 1 heterocycles. The van der Waals surface area contributed by atoms with Gasteiger partial charge in [0.1, 0.15) is 5.82 Å². The second-order valence-corrected chi connectivity index (χ2v) is 4.53. The van der Waals surface area contributed by atoms with E-state index in [0.29, 0.717) is 5.92 Å². The summed E-state index contributed by atoms with van der Waals surface area (Å²) >= 11 is 0. The van der Waals surface area contributed by atoms with Crippen molar-refractivity contribution in [1.29, 1.82) is 0 Å². The zero-order valence-corrected chi connectivity index (χ0v) is 10.4. The zero-order chi connectivity index (χ0) is 12.4. The molecule has 1 nitrogen and oxygen atoms in total. The highest BCUT2D eigenvalue weighted by Gasteiger charge is 2.06. The van der Waals surface area contributed by atoms with E-state index in [4.69, 9.17) is 0 Å². The van der Waals surface area contributed by atoms with Crippen molar-refractivity contribution in [3.8, 4) is 11.3 Å². The first-order valence-corrected chi connectivity index (χ1v) is 5.81. The molecule has 2 aromatic rings. The molecule has 0 aliphatic rings. The highest BCUT2D eigenvalue weighted by molar-refractivity contribution is 5.59. The van der Waals surface area contributed by atoms with Crippen LogP contribution in [-0.2, 0) is 0 Å². The average molecular weight is 229 g/mol. The summed E-state index contributed by atoms with van der Waals surface area (Å²) in [6.07, 6.45) is 0. The number of hydrogen-bond acceptors (Lipinski definition) is 1. The molecule has 0 saturated heterocycles. The summed E-state index contributed by atoms with van der Waals surface area (Å²) in [5, 5.41) is 0. The van der Waals surface area contributed by atoms with Gasteiger partial charge in [-0.05, 0) is 48.7 Å². The predicted octanol–water partition coefficient (Wildman–Crippen LogP) is 4.32. The normalized spacial score (nSPS) is 10.9. The van der Waals surface area contributed by atoms with Gasteiger partial charge in [0.05, 0.1) is 5.69 Å². The molecule has 1 aromatic carbocycles. The van der Waals surface area contributed by atoms with Gasteiger partial charge in [0.2, 0.25) is 0 Å². The monoisotopic (exact) mass is 229 g/mol. The number of aryl methyl sites for hydroxylation is 1. The highest BCUT2D eigenvalue weighted by Crippen LogP contribution is 2.23. The molecular formula is C15H16FN. The Bertz CT molecular complexity index is 515. The molecule has 0 spiro atoms. The largest absolute Gasteiger partial charge is 0.253 e. The molecule has 0 N–H and O–H groups in total. The van der Waals surface area contributed by atoms with E-state index in [2.05, 4.69) is 24.9 Å². The average Bonchev–Trinajstić information content (AvgIpc) is 2.29. The van der Waals surface area contributed by atoms with E-state index in [1.54, 1.807) is 12.1 Å². The van der Waals surface area contributed by atoms with E-state index in [1.165, 1.54) is 17.7 Å². The van der Waals surface area contributed by atoms with E-state index in [0.717, 1.165) is 17.0 Å². The van der Waals surface area contributed by atoms with Gasteiger partial charge in [0, 0.05) is 11.3 Å². The first-order chi connectivity index (χ1) is 8.08. The van der Waals surface area contributed by atoms with Gasteiger partial charge >= 0.3 is 0 Å². The molecule has 0 unspecified atom stereocenters. The van der Waals surface area contributed by atoms with Crippen LogP contribution in [0, 0.1) is 12.7 Å². The second-order valence-electron chi connectivity index (χ2n) is 4.53. The fourth-order valence-electron chi connectivity index (χ4n) is 1.96. The Morgan fingerprint density at radius 1 is 1.00 bits per heavy atom. The van der Waals surface area contributed by atoms with Gasteiger partial charge in [0.25, 0.3) is 0 Å². The molecule has 2 heteroatoms. The van der Waals surface area contributed by atoms with E-state index in [1.807, 2.05) is 13.0 Å². The molecule has 0 aliphatic carbocycles. The van der Waals surface area contributed by atoms with Crippen LogP contribution in [0.2, 0.25) is 0 Å². The Kier molecular flexibility index (Phi) is 3.23. The topological polar surface area (TPSA) is 12.9 Å². The summed E-state index contributed by atoms with van der Waals surface area (Å²) in [5.41, 5.74) is 4.15. The van der Waals surface area contributed by atoms with Crippen molar-refractivity contribution in [3.63, 3.8) is 0 Å². The molecule has 17 heavy (non-hydrogen) atoms. The molecule has 0 bridgehead atoms. The zero-order valence-electron chi connectivity index (χ0n) is 10.4. The summed E-state index contributed by atoms with van der Waals surface area (Å²) in [5.74, 6) is 0.258. The third-order valence-corrected chi connectivity index (χ3v) is 2.89. The molecule has 2 rings (SSSR count). The van der Waals surface area contributed by atoms with Gasteiger partial charge in [-0.3, -0.25) is 4.98 Å². The van der Waals surface area contributed by atoms with Crippen LogP contribution in [0.4, 0.5) is 4.39 Å². The molecule has 0 radical (unpaired) electrons. The lowest BCUT2D eigenvalue weighted by Gasteiger charge is -2.10. The van der Waals surface area contributed by atoms with E-state index < -0.39 is 0 Å². The second kappa shape index (κ2) is 4.66. The maximum Gasteiger partial charge on any atom is 0.123 e. The van der Waals surface area contributed by atoms with Gasteiger partial charge in [-0.1, -0.05) is 19.9 Å². The van der Waals surface area contributed by atoms with Crippen LogP contribution >= 0.6 is 0 Å². The summed E-state index contributed by atoms with van der Waals surface area (Å²) in [7, 11) is 0. The van der Waals surface area contributed by atoms with Crippen molar-refractivity contribution in [2.75, 3.05) is 0 Å². The maximum atomic E-state index is 12.8. The lowest BCUT2D eigenvalue weighted by molar-refractivity contribution is 0.628. The van der Waals surface area contributed by atoms with Crippen LogP contribution in [0.5, 0.6) is 0 Å². The number of halogens is 1. The molecule has 88 valence electrons. The minimum Gasteiger partial charge on any atom is -0.253 e. The smallest absolute Gasteiger partial charge is 0.123 e. The van der Waals surface area contributed by atoms with Crippen molar-refractivity contribution < 1.29 is 4.39 Å². The van der Waals surface area contributed by atoms with Gasteiger partial charge in [-0.15, -0.1) is 0 Å². The maximum absolute atomic E-state index is 12.8. The first kappa shape index (κ1) is 11.8. The number of benzene rings is 1. The molecule has 0 fully saturated rings. The van der Waals surface area contributed by atoms with Gasteiger partial charge in [-0.25, -0.2) is 4.39 Å². The molecule has 0 aliphatic heterocycles. The lowest BCUT2D eigenvalue weighted by Crippen LogP contribution is -1.96. The SMILES string of the molecule is Cc1nc(-c2ccc(F)cc2)ccc1C(C)C. The van der Waals surface area contributed by atoms with Gasteiger partial charge in [0.15, 0.2) is 0 Å². The molecule has 0 saturated carbocycles. The minimum atomic E-state index is -0.218. The Hall–Kier alpha value is -1.70. The Labute approximate surface area is 101 Å². The molecule has 1 aromatic heterocycles. The Morgan fingerprint density at radius 3 is 2.18 bits per heavy atom. The van der Waals surface area contributed by atoms with Crippen LogP contribution in [0.25, 0.3) is 11.3 Å². The number of aromatic nitrogens is 1. The predicted molar refractivity (Wildman–Crippen MR) is 68.5 cm³/mol. The van der Waals surface area contributed by atoms with E-state index in [9.17, 15) is 4.39 Å². The highest BCUT2D eigenvalue weighted by atomic mass is 19.1. The van der Waals surface area contributed by atoms with Crippen molar-refractivity contribution >= 4 is 0 Å². The third-order valence-electron chi connectivity index (χ3n) is 2.89. The number of rotatable bonds is 2. The third kappa shape index (κ3) is 2.52. The van der Waals surface area contributed by atoms with Crippen LogP contribution in [-0.4, -0.2) is 4.98 Å². The number of hydrogen-bond donors (Lipinski definition) is 0. The summed E-state index contributed by atoms with van der Waals surface area (Å²) in [6.45, 7) is 6.32. The standard InChI is InChI=1S/C15H16FN/c1-10(2)14-8-9-15(17-11(14)3)12-4-6-13(16)7-5-12/h4-10H,1-3H3. The lowest BCUT2D eigenvalue weighted by atomic mass is 10.0. The van der Waals surface area contributed by atoms with E-state index >= 15 is 0 Å². The van der Waals surface area contributed by atoms with Crippen molar-refractivity contribution in [2.45, 2.75) is 26.7 Å². The van der Waals surface area contributed by atoms with Crippen molar-refractivity contribution in [3.05, 3.63) is 53.5 Å². The number of nitrogens with zero attached hydrogens (tertiary/aromatic N) is 1.